The van der Waals surface area contributed by atoms with Gasteiger partial charge in [0.2, 0.25) is 11.8 Å². The molecule has 3 amide bonds. The molecule has 2 aliphatic carbocycles. The lowest BCUT2D eigenvalue weighted by Crippen LogP contribution is -2.45. The number of para-hydroxylation sites is 2. The van der Waals surface area contributed by atoms with E-state index >= 15 is 0 Å². The summed E-state index contributed by atoms with van der Waals surface area (Å²) < 4.78 is 10.2. The summed E-state index contributed by atoms with van der Waals surface area (Å²) >= 11 is 0. The molecule has 1 aromatic rings. The van der Waals surface area contributed by atoms with Crippen molar-refractivity contribution in [1.29, 1.82) is 0 Å². The van der Waals surface area contributed by atoms with Crippen molar-refractivity contribution in [3.8, 4) is 5.75 Å². The van der Waals surface area contributed by atoms with Gasteiger partial charge >= 0.3 is 5.97 Å². The average molecular weight is 400 g/mol. The third kappa shape index (κ3) is 3.26. The van der Waals surface area contributed by atoms with Gasteiger partial charge in [0.25, 0.3) is 5.91 Å². The van der Waals surface area contributed by atoms with Gasteiger partial charge in [0.15, 0.2) is 6.61 Å². The Hall–Kier alpha value is -2.90. The maximum absolute atomic E-state index is 12.8. The van der Waals surface area contributed by atoms with Crippen LogP contribution in [0.2, 0.25) is 0 Å². The largest absolute Gasteiger partial charge is 0.495 e. The molecule has 0 unspecified atom stereocenters. The second-order valence-electron chi connectivity index (χ2n) is 7.96. The second-order valence-corrected chi connectivity index (χ2v) is 7.96. The zero-order valence-electron chi connectivity index (χ0n) is 16.4. The summed E-state index contributed by atoms with van der Waals surface area (Å²) in [6.07, 6.45) is 2.88. The molecule has 8 nitrogen and oxygen atoms in total. The van der Waals surface area contributed by atoms with Gasteiger partial charge in [-0.2, -0.15) is 0 Å². The van der Waals surface area contributed by atoms with Crippen LogP contribution in [-0.2, 0) is 23.9 Å². The zero-order chi connectivity index (χ0) is 20.7. The fourth-order valence-electron chi connectivity index (χ4n) is 5.11. The first kappa shape index (κ1) is 19.4. The van der Waals surface area contributed by atoms with Crippen molar-refractivity contribution < 1.29 is 28.7 Å². The number of likely N-dealkylation sites (tertiary alicyclic amines) is 1. The van der Waals surface area contributed by atoms with Gasteiger partial charge in [-0.05, 0) is 50.2 Å². The molecule has 0 spiro atoms. The first-order valence-electron chi connectivity index (χ1n) is 9.88. The van der Waals surface area contributed by atoms with Crippen LogP contribution in [0.5, 0.6) is 5.75 Å². The van der Waals surface area contributed by atoms with Crippen LogP contribution < -0.4 is 10.1 Å². The molecule has 1 aliphatic heterocycles. The monoisotopic (exact) mass is 400 g/mol. The molecule has 1 saturated heterocycles. The minimum atomic E-state index is -1.04. The molecule has 1 heterocycles. The van der Waals surface area contributed by atoms with Crippen molar-refractivity contribution in [1.82, 2.24) is 4.90 Å². The van der Waals surface area contributed by atoms with Crippen LogP contribution in [0.3, 0.4) is 0 Å². The van der Waals surface area contributed by atoms with E-state index in [1.54, 1.807) is 24.3 Å². The summed E-state index contributed by atoms with van der Waals surface area (Å²) in [6, 6.07) is 5.82. The number of benzene rings is 1. The van der Waals surface area contributed by atoms with Crippen molar-refractivity contribution in [3.63, 3.8) is 0 Å². The SMILES string of the molecule is COc1ccccc1NC(=O)COC(=O)[C@@H](C)N1C(=O)[C@@H]2[C@@H]3CC[C@@H](C3)[C@@H]2C1=O. The van der Waals surface area contributed by atoms with Gasteiger partial charge in [-0.1, -0.05) is 12.1 Å². The number of hydrogen-bond acceptors (Lipinski definition) is 6. The van der Waals surface area contributed by atoms with E-state index in [1.165, 1.54) is 14.0 Å². The Morgan fingerprint density at radius 3 is 2.38 bits per heavy atom. The minimum absolute atomic E-state index is 0.251. The van der Waals surface area contributed by atoms with E-state index in [0.717, 1.165) is 24.2 Å². The summed E-state index contributed by atoms with van der Waals surface area (Å²) in [7, 11) is 1.48. The van der Waals surface area contributed by atoms with E-state index in [9.17, 15) is 19.2 Å². The molecule has 1 N–H and O–H groups in total. The molecular formula is C21H24N2O6. The van der Waals surface area contributed by atoms with E-state index < -0.39 is 24.5 Å². The molecule has 3 fully saturated rings. The van der Waals surface area contributed by atoms with Crippen LogP contribution in [0.25, 0.3) is 0 Å². The van der Waals surface area contributed by atoms with Gasteiger partial charge in [0.05, 0.1) is 24.6 Å². The number of imide groups is 1. The van der Waals surface area contributed by atoms with E-state index in [2.05, 4.69) is 5.32 Å². The highest BCUT2D eigenvalue weighted by Crippen LogP contribution is 2.56. The van der Waals surface area contributed by atoms with Crippen LogP contribution in [0.4, 0.5) is 5.69 Å². The standard InChI is InChI=1S/C21H24N2O6/c1-11(23-19(25)17-12-7-8-13(9-12)18(17)20(23)26)21(27)29-10-16(24)22-14-5-3-4-6-15(14)28-2/h3-6,11-13,17-18H,7-10H2,1-2H3,(H,22,24)/t11-,12-,13+,17-,18+/m1/s1. The Balaban J connectivity index is 1.35. The maximum atomic E-state index is 12.8. The molecule has 2 bridgehead atoms. The fraction of sp³-hybridized carbons (Fsp3) is 0.524. The van der Waals surface area contributed by atoms with Gasteiger partial charge in [-0.15, -0.1) is 0 Å². The van der Waals surface area contributed by atoms with Crippen LogP contribution in [-0.4, -0.2) is 48.3 Å². The third-order valence-corrected chi connectivity index (χ3v) is 6.42. The third-order valence-electron chi connectivity index (χ3n) is 6.42. The predicted molar refractivity (Wildman–Crippen MR) is 102 cm³/mol. The van der Waals surface area contributed by atoms with E-state index in [0.29, 0.717) is 11.4 Å². The number of esters is 1. The lowest BCUT2D eigenvalue weighted by Gasteiger charge is -2.23. The number of carbonyl (C=O) groups is 4. The van der Waals surface area contributed by atoms with Crippen molar-refractivity contribution in [2.45, 2.75) is 32.2 Å². The highest BCUT2D eigenvalue weighted by Gasteiger charge is 2.62. The molecule has 5 atom stereocenters. The van der Waals surface area contributed by atoms with E-state index in [4.69, 9.17) is 9.47 Å². The number of anilines is 1. The van der Waals surface area contributed by atoms with Crippen LogP contribution in [0.15, 0.2) is 24.3 Å². The van der Waals surface area contributed by atoms with Gasteiger partial charge in [-0.25, -0.2) is 4.79 Å². The van der Waals surface area contributed by atoms with Crippen LogP contribution in [0.1, 0.15) is 26.2 Å². The van der Waals surface area contributed by atoms with Gasteiger partial charge < -0.3 is 14.8 Å². The number of nitrogens with zero attached hydrogens (tertiary/aromatic N) is 1. The topological polar surface area (TPSA) is 102 Å². The Labute approximate surface area is 168 Å². The average Bonchev–Trinajstić information content (AvgIpc) is 3.40. The smallest absolute Gasteiger partial charge is 0.329 e. The summed E-state index contributed by atoms with van der Waals surface area (Å²) in [6.45, 7) is 0.953. The second kappa shape index (κ2) is 7.50. The molecule has 0 radical (unpaired) electrons. The predicted octanol–water partition coefficient (Wildman–Crippen LogP) is 1.60. The Morgan fingerprint density at radius 2 is 1.76 bits per heavy atom. The van der Waals surface area contributed by atoms with E-state index in [-0.39, 0.29) is 35.5 Å². The summed E-state index contributed by atoms with van der Waals surface area (Å²) in [5, 5.41) is 2.61. The lowest BCUT2D eigenvalue weighted by molar-refractivity contribution is -0.159. The molecule has 2 saturated carbocycles. The normalized spacial score (nSPS) is 28.3. The molecule has 8 heteroatoms. The summed E-state index contributed by atoms with van der Waals surface area (Å²) in [5.41, 5.74) is 0.456. The molecule has 3 aliphatic rings. The number of carbonyl (C=O) groups excluding carboxylic acids is 4. The Kier molecular flexibility index (Phi) is 5.02. The number of ether oxygens (including phenoxy) is 2. The van der Waals surface area contributed by atoms with Gasteiger partial charge in [0, 0.05) is 0 Å². The van der Waals surface area contributed by atoms with E-state index in [1.807, 2.05) is 0 Å². The number of methoxy groups -OCH3 is 1. The number of amides is 3. The van der Waals surface area contributed by atoms with Crippen molar-refractivity contribution in [3.05, 3.63) is 24.3 Å². The molecule has 4 rings (SSSR count). The molecule has 1 aromatic carbocycles. The number of rotatable bonds is 6. The quantitative estimate of drug-likeness (QED) is 0.575. The Bertz CT molecular complexity index is 840. The molecule has 29 heavy (non-hydrogen) atoms. The lowest BCUT2D eigenvalue weighted by atomic mass is 9.81. The summed E-state index contributed by atoms with van der Waals surface area (Å²) in [4.78, 5) is 51.2. The first-order chi connectivity index (χ1) is 13.9. The fourth-order valence-corrected chi connectivity index (χ4v) is 5.11. The minimum Gasteiger partial charge on any atom is -0.495 e. The highest BCUT2D eigenvalue weighted by molar-refractivity contribution is 6.08. The first-order valence-corrected chi connectivity index (χ1v) is 9.88. The number of nitrogens with one attached hydrogen (secondary N) is 1. The number of fused-ring (bicyclic) bond motifs is 5. The van der Waals surface area contributed by atoms with Crippen molar-refractivity contribution in [2.75, 3.05) is 19.0 Å². The van der Waals surface area contributed by atoms with Crippen molar-refractivity contribution in [2.24, 2.45) is 23.7 Å². The molecular weight excluding hydrogens is 376 g/mol. The van der Waals surface area contributed by atoms with Crippen LogP contribution in [0, 0.1) is 23.7 Å². The van der Waals surface area contributed by atoms with Crippen molar-refractivity contribution >= 4 is 29.4 Å². The maximum Gasteiger partial charge on any atom is 0.329 e. The Morgan fingerprint density at radius 1 is 1.14 bits per heavy atom. The molecule has 0 aromatic heterocycles. The number of hydrogen-bond donors (Lipinski definition) is 1. The van der Waals surface area contributed by atoms with Gasteiger partial charge in [-0.3, -0.25) is 19.3 Å². The highest BCUT2D eigenvalue weighted by atomic mass is 16.5. The van der Waals surface area contributed by atoms with Crippen LogP contribution >= 0.6 is 0 Å². The van der Waals surface area contributed by atoms with Gasteiger partial charge in [0.1, 0.15) is 11.8 Å². The molecule has 154 valence electrons. The summed E-state index contributed by atoms with van der Waals surface area (Å²) in [5.74, 6) is -1.43. The zero-order valence-corrected chi connectivity index (χ0v) is 16.4.